The summed E-state index contributed by atoms with van der Waals surface area (Å²) in [5.74, 6) is 0. The van der Waals surface area contributed by atoms with Crippen molar-refractivity contribution < 1.29 is 5.48 Å². The van der Waals surface area contributed by atoms with Crippen molar-refractivity contribution in [3.8, 4) is 0 Å². The molecule has 0 aliphatic rings. The first-order valence-corrected chi connectivity index (χ1v) is 8.79. The zero-order chi connectivity index (χ0) is 14.6. The minimum absolute atomic E-state index is 0. The van der Waals surface area contributed by atoms with Crippen LogP contribution in [0.3, 0.4) is 0 Å². The molecular weight excluding hydrogens is 256 g/mol. The summed E-state index contributed by atoms with van der Waals surface area (Å²) in [5.41, 5.74) is 4.35. The van der Waals surface area contributed by atoms with Gasteiger partial charge in [-0.1, -0.05) is 94.0 Å². The van der Waals surface area contributed by atoms with Gasteiger partial charge in [-0.25, -0.2) is 0 Å². The second kappa shape index (κ2) is 12.9. The quantitative estimate of drug-likeness (QED) is 0.452. The van der Waals surface area contributed by atoms with E-state index in [1.807, 2.05) is 0 Å². The highest BCUT2D eigenvalue weighted by atomic mass is 16.0. The highest BCUT2D eigenvalue weighted by molar-refractivity contribution is 5.28. The van der Waals surface area contributed by atoms with Gasteiger partial charge in [0, 0.05) is 0 Å². The van der Waals surface area contributed by atoms with Gasteiger partial charge >= 0.3 is 0 Å². The fourth-order valence-electron chi connectivity index (χ4n) is 3.03. The molecule has 2 N–H and O–H groups in total. The molecule has 0 atom stereocenters. The van der Waals surface area contributed by atoms with E-state index in [1.165, 1.54) is 87.3 Å². The summed E-state index contributed by atoms with van der Waals surface area (Å²) in [4.78, 5) is 0. The van der Waals surface area contributed by atoms with Crippen LogP contribution in [0.4, 0.5) is 0 Å². The highest BCUT2D eigenvalue weighted by Gasteiger charge is 1.97. The van der Waals surface area contributed by atoms with Crippen molar-refractivity contribution in [1.29, 1.82) is 0 Å². The minimum Gasteiger partial charge on any atom is -0.412 e. The molecule has 1 nitrogen and oxygen atoms in total. The number of unbranched alkanes of at least 4 members (excludes halogenated alkanes) is 9. The molecule has 0 bridgehead atoms. The third kappa shape index (κ3) is 10.5. The lowest BCUT2D eigenvalue weighted by atomic mass is 10.0. The van der Waals surface area contributed by atoms with Gasteiger partial charge in [0.15, 0.2) is 0 Å². The van der Waals surface area contributed by atoms with Gasteiger partial charge in [-0.3, -0.25) is 0 Å². The molecule has 1 aromatic carbocycles. The molecule has 0 fully saturated rings. The van der Waals surface area contributed by atoms with Crippen molar-refractivity contribution in [2.24, 2.45) is 0 Å². The van der Waals surface area contributed by atoms with E-state index in [4.69, 9.17) is 0 Å². The van der Waals surface area contributed by atoms with Gasteiger partial charge in [-0.2, -0.15) is 0 Å². The Balaban J connectivity index is 0.00000400. The number of benzene rings is 1. The average Bonchev–Trinajstić information content (AvgIpc) is 2.40. The Labute approximate surface area is 132 Å². The van der Waals surface area contributed by atoms with E-state index in [1.54, 1.807) is 0 Å². The zero-order valence-electron chi connectivity index (χ0n) is 14.5. The molecule has 1 aromatic rings. The lowest BCUT2D eigenvalue weighted by Gasteiger charge is -2.05. The van der Waals surface area contributed by atoms with Crippen LogP contribution in [0.5, 0.6) is 0 Å². The Morgan fingerprint density at radius 3 is 1.52 bits per heavy atom. The van der Waals surface area contributed by atoms with Crippen molar-refractivity contribution in [2.45, 2.75) is 91.4 Å². The molecule has 0 unspecified atom stereocenters. The fraction of sp³-hybridized carbons (Fsp3) is 0.700. The first-order chi connectivity index (χ1) is 9.72. The van der Waals surface area contributed by atoms with Crippen molar-refractivity contribution in [3.05, 3.63) is 34.9 Å². The SMILES string of the molecule is CCCCCCCCCCCCc1cc(C)cc(C)c1.O. The molecule has 0 aliphatic carbocycles. The third-order valence-electron chi connectivity index (χ3n) is 4.10. The van der Waals surface area contributed by atoms with Gasteiger partial charge in [0.1, 0.15) is 0 Å². The first kappa shape index (κ1) is 20.2. The van der Waals surface area contributed by atoms with E-state index in [9.17, 15) is 0 Å². The molecular formula is C20H36O. The highest BCUT2D eigenvalue weighted by Crippen LogP contribution is 2.14. The lowest BCUT2D eigenvalue weighted by Crippen LogP contribution is -1.89. The van der Waals surface area contributed by atoms with Crippen LogP contribution >= 0.6 is 0 Å². The Hall–Kier alpha value is -0.820. The van der Waals surface area contributed by atoms with Crippen molar-refractivity contribution in [1.82, 2.24) is 0 Å². The summed E-state index contributed by atoms with van der Waals surface area (Å²) in [6, 6.07) is 6.96. The van der Waals surface area contributed by atoms with Crippen LogP contribution in [0.2, 0.25) is 0 Å². The van der Waals surface area contributed by atoms with Gasteiger partial charge < -0.3 is 5.48 Å². The Kier molecular flexibility index (Phi) is 12.4. The molecule has 1 rings (SSSR count). The second-order valence-corrected chi connectivity index (χ2v) is 6.43. The zero-order valence-corrected chi connectivity index (χ0v) is 14.5. The maximum Gasteiger partial charge on any atom is -0.0279 e. The predicted molar refractivity (Wildman–Crippen MR) is 95.1 cm³/mol. The summed E-state index contributed by atoms with van der Waals surface area (Å²) in [6.45, 7) is 6.69. The average molecular weight is 293 g/mol. The van der Waals surface area contributed by atoms with Crippen LogP contribution in [0.15, 0.2) is 18.2 Å². The lowest BCUT2D eigenvalue weighted by molar-refractivity contribution is 0.556. The molecule has 1 heteroatoms. The predicted octanol–water partition coefficient (Wildman–Crippen LogP) is 5.94. The second-order valence-electron chi connectivity index (χ2n) is 6.43. The fourth-order valence-corrected chi connectivity index (χ4v) is 3.03. The third-order valence-corrected chi connectivity index (χ3v) is 4.10. The van der Waals surface area contributed by atoms with E-state index in [0.29, 0.717) is 0 Å². The van der Waals surface area contributed by atoms with E-state index in [2.05, 4.69) is 39.0 Å². The monoisotopic (exact) mass is 292 g/mol. The normalized spacial score (nSPS) is 10.4. The Morgan fingerprint density at radius 1 is 0.619 bits per heavy atom. The van der Waals surface area contributed by atoms with E-state index in [0.717, 1.165) is 0 Å². The standard InChI is InChI=1S/C20H34.H2O/c1-4-5-6-7-8-9-10-11-12-13-14-20-16-18(2)15-19(3)17-20;/h15-17H,4-14H2,1-3H3;1H2. The molecule has 0 aromatic heterocycles. The molecule has 0 radical (unpaired) electrons. The molecule has 0 spiro atoms. The molecule has 122 valence electrons. The summed E-state index contributed by atoms with van der Waals surface area (Å²) in [6.07, 6.45) is 15.5. The van der Waals surface area contributed by atoms with E-state index < -0.39 is 0 Å². The first-order valence-electron chi connectivity index (χ1n) is 8.79. The Morgan fingerprint density at radius 2 is 1.05 bits per heavy atom. The largest absolute Gasteiger partial charge is 0.412 e. The molecule has 0 aliphatic heterocycles. The summed E-state index contributed by atoms with van der Waals surface area (Å²) < 4.78 is 0. The number of aryl methyl sites for hydroxylation is 3. The van der Waals surface area contributed by atoms with Crippen molar-refractivity contribution in [2.75, 3.05) is 0 Å². The number of rotatable bonds is 11. The van der Waals surface area contributed by atoms with Gasteiger partial charge in [0.25, 0.3) is 0 Å². The minimum atomic E-state index is 0. The van der Waals surface area contributed by atoms with Crippen molar-refractivity contribution in [3.63, 3.8) is 0 Å². The summed E-state index contributed by atoms with van der Waals surface area (Å²) in [5, 5.41) is 0. The van der Waals surface area contributed by atoms with Gasteiger partial charge in [0.2, 0.25) is 0 Å². The Bertz CT molecular complexity index is 337. The number of hydrogen-bond donors (Lipinski definition) is 0. The molecule has 0 heterocycles. The molecule has 0 amide bonds. The molecule has 0 saturated heterocycles. The van der Waals surface area contributed by atoms with Crippen LogP contribution in [-0.2, 0) is 6.42 Å². The van der Waals surface area contributed by atoms with Gasteiger partial charge in [-0.05, 0) is 32.3 Å². The summed E-state index contributed by atoms with van der Waals surface area (Å²) >= 11 is 0. The van der Waals surface area contributed by atoms with E-state index in [-0.39, 0.29) is 5.48 Å². The smallest absolute Gasteiger partial charge is 0.0279 e. The van der Waals surface area contributed by atoms with Gasteiger partial charge in [-0.15, -0.1) is 0 Å². The van der Waals surface area contributed by atoms with Crippen LogP contribution < -0.4 is 0 Å². The van der Waals surface area contributed by atoms with Crippen molar-refractivity contribution >= 4 is 0 Å². The maximum atomic E-state index is 2.35. The van der Waals surface area contributed by atoms with Gasteiger partial charge in [0.05, 0.1) is 0 Å². The molecule has 21 heavy (non-hydrogen) atoms. The number of hydrogen-bond acceptors (Lipinski definition) is 0. The van der Waals surface area contributed by atoms with Crippen LogP contribution in [0, 0.1) is 13.8 Å². The summed E-state index contributed by atoms with van der Waals surface area (Å²) in [7, 11) is 0. The topological polar surface area (TPSA) is 31.5 Å². The van der Waals surface area contributed by atoms with Crippen LogP contribution in [-0.4, -0.2) is 5.48 Å². The van der Waals surface area contributed by atoms with Crippen LogP contribution in [0.25, 0.3) is 0 Å². The van der Waals surface area contributed by atoms with Crippen LogP contribution in [0.1, 0.15) is 87.8 Å². The maximum absolute atomic E-state index is 2.35. The molecule has 0 saturated carbocycles. The van der Waals surface area contributed by atoms with E-state index >= 15 is 0 Å².